The van der Waals surface area contributed by atoms with E-state index in [1.54, 1.807) is 6.20 Å². The number of oxazole rings is 1. The molecule has 5 rings (SSSR count). The molecule has 1 atom stereocenters. The third kappa shape index (κ3) is 4.27. The zero-order chi connectivity index (χ0) is 21.0. The number of fused-ring (bicyclic) bond motifs is 1. The predicted octanol–water partition coefficient (Wildman–Crippen LogP) is 4.35. The lowest BCUT2D eigenvalue weighted by Crippen LogP contribution is -2.32. The van der Waals surface area contributed by atoms with Crippen LogP contribution in [-0.2, 0) is 24.2 Å². The standard InChI is InChI=1S/C24H29N5O2/c30-23(14-7-13-22-25-17-20(31-22)18-9-3-1-4-10-18)28-16-8-11-19(28)24-27-26-21-12-5-2-6-15-29(21)24/h1,3-4,9-10,17,19H,2,5-8,11-16H2. The third-order valence-corrected chi connectivity index (χ3v) is 6.40. The Morgan fingerprint density at radius 3 is 2.87 bits per heavy atom. The molecule has 0 radical (unpaired) electrons. The number of aromatic nitrogens is 4. The second-order valence-electron chi connectivity index (χ2n) is 8.52. The van der Waals surface area contributed by atoms with Gasteiger partial charge < -0.3 is 13.9 Å². The molecule has 3 aromatic rings. The summed E-state index contributed by atoms with van der Waals surface area (Å²) in [5.74, 6) is 3.73. The number of hydrogen-bond acceptors (Lipinski definition) is 5. The topological polar surface area (TPSA) is 77.1 Å². The van der Waals surface area contributed by atoms with Crippen LogP contribution < -0.4 is 0 Å². The van der Waals surface area contributed by atoms with E-state index in [1.165, 1.54) is 19.3 Å². The van der Waals surface area contributed by atoms with Gasteiger partial charge in [0.1, 0.15) is 5.82 Å². The molecule has 1 saturated heterocycles. The van der Waals surface area contributed by atoms with Gasteiger partial charge in [-0.05, 0) is 32.1 Å². The first kappa shape index (κ1) is 20.0. The minimum Gasteiger partial charge on any atom is -0.441 e. The average Bonchev–Trinajstić information content (AvgIpc) is 3.51. The van der Waals surface area contributed by atoms with Gasteiger partial charge in [0.25, 0.3) is 0 Å². The van der Waals surface area contributed by atoms with Crippen molar-refractivity contribution in [2.75, 3.05) is 6.54 Å². The molecule has 2 aromatic heterocycles. The van der Waals surface area contributed by atoms with E-state index in [0.717, 1.165) is 61.7 Å². The zero-order valence-corrected chi connectivity index (χ0v) is 17.9. The smallest absolute Gasteiger partial charge is 0.223 e. The molecule has 0 bridgehead atoms. The van der Waals surface area contributed by atoms with E-state index in [4.69, 9.17) is 4.42 Å². The molecule has 2 aliphatic heterocycles. The molecule has 1 amide bonds. The predicted molar refractivity (Wildman–Crippen MR) is 116 cm³/mol. The largest absolute Gasteiger partial charge is 0.441 e. The van der Waals surface area contributed by atoms with Gasteiger partial charge in [-0.1, -0.05) is 36.8 Å². The molecule has 1 fully saturated rings. The summed E-state index contributed by atoms with van der Waals surface area (Å²) in [6.07, 6.45) is 10.2. The van der Waals surface area contributed by atoms with E-state index in [1.807, 2.05) is 35.2 Å². The molecule has 7 heteroatoms. The molecule has 0 spiro atoms. The van der Waals surface area contributed by atoms with Crippen molar-refractivity contribution in [2.24, 2.45) is 0 Å². The second kappa shape index (κ2) is 9.04. The van der Waals surface area contributed by atoms with Gasteiger partial charge in [0.05, 0.1) is 12.2 Å². The molecule has 0 N–H and O–H groups in total. The van der Waals surface area contributed by atoms with Crippen LogP contribution in [0.3, 0.4) is 0 Å². The Kier molecular flexibility index (Phi) is 5.82. The van der Waals surface area contributed by atoms with Gasteiger partial charge in [-0.3, -0.25) is 4.79 Å². The third-order valence-electron chi connectivity index (χ3n) is 6.40. The zero-order valence-electron chi connectivity index (χ0n) is 17.9. The summed E-state index contributed by atoms with van der Waals surface area (Å²) >= 11 is 0. The van der Waals surface area contributed by atoms with Crippen molar-refractivity contribution in [1.29, 1.82) is 0 Å². The van der Waals surface area contributed by atoms with Gasteiger partial charge >= 0.3 is 0 Å². The van der Waals surface area contributed by atoms with Gasteiger partial charge in [0.2, 0.25) is 5.91 Å². The highest BCUT2D eigenvalue weighted by molar-refractivity contribution is 5.77. The molecule has 1 aromatic carbocycles. The first-order valence-corrected chi connectivity index (χ1v) is 11.5. The molecule has 162 valence electrons. The number of carbonyl (C=O) groups is 1. The van der Waals surface area contributed by atoms with Gasteiger partial charge in [-0.15, -0.1) is 10.2 Å². The Hall–Kier alpha value is -2.96. The van der Waals surface area contributed by atoms with Crippen LogP contribution in [0.15, 0.2) is 40.9 Å². The second-order valence-corrected chi connectivity index (χ2v) is 8.52. The lowest BCUT2D eigenvalue weighted by molar-refractivity contribution is -0.132. The summed E-state index contributed by atoms with van der Waals surface area (Å²) in [4.78, 5) is 19.4. The summed E-state index contributed by atoms with van der Waals surface area (Å²) in [6, 6.07) is 10.0. The Morgan fingerprint density at radius 2 is 1.97 bits per heavy atom. The maximum absolute atomic E-state index is 13.0. The number of rotatable bonds is 6. The number of likely N-dealkylation sites (tertiary alicyclic amines) is 1. The molecule has 0 saturated carbocycles. The molecule has 7 nitrogen and oxygen atoms in total. The molecule has 2 aliphatic rings. The average molecular weight is 420 g/mol. The fraction of sp³-hybridized carbons (Fsp3) is 0.500. The lowest BCUT2D eigenvalue weighted by atomic mass is 10.1. The molecular formula is C24H29N5O2. The Morgan fingerprint density at radius 1 is 1.06 bits per heavy atom. The Labute approximate surface area is 182 Å². The maximum atomic E-state index is 13.0. The van der Waals surface area contributed by atoms with E-state index in [0.29, 0.717) is 18.7 Å². The van der Waals surface area contributed by atoms with Crippen molar-refractivity contribution in [3.05, 3.63) is 54.1 Å². The number of carbonyl (C=O) groups excluding carboxylic acids is 1. The Bertz CT molecular complexity index is 1030. The fourth-order valence-electron chi connectivity index (χ4n) is 4.78. The van der Waals surface area contributed by atoms with Crippen LogP contribution in [0.4, 0.5) is 0 Å². The summed E-state index contributed by atoms with van der Waals surface area (Å²) in [5.41, 5.74) is 1.02. The molecule has 31 heavy (non-hydrogen) atoms. The van der Waals surface area contributed by atoms with Crippen LogP contribution in [0, 0.1) is 0 Å². The fourth-order valence-corrected chi connectivity index (χ4v) is 4.78. The van der Waals surface area contributed by atoms with Crippen LogP contribution in [0.1, 0.15) is 68.5 Å². The van der Waals surface area contributed by atoms with E-state index < -0.39 is 0 Å². The van der Waals surface area contributed by atoms with Crippen LogP contribution >= 0.6 is 0 Å². The van der Waals surface area contributed by atoms with Crippen LogP contribution in [0.2, 0.25) is 0 Å². The van der Waals surface area contributed by atoms with Gasteiger partial charge in [-0.25, -0.2) is 4.98 Å². The highest BCUT2D eigenvalue weighted by atomic mass is 16.4. The summed E-state index contributed by atoms with van der Waals surface area (Å²) in [6.45, 7) is 1.78. The van der Waals surface area contributed by atoms with Crippen molar-refractivity contribution < 1.29 is 9.21 Å². The number of hydrogen-bond donors (Lipinski definition) is 0. The number of benzene rings is 1. The first-order valence-electron chi connectivity index (χ1n) is 11.5. The van der Waals surface area contributed by atoms with E-state index in [9.17, 15) is 4.79 Å². The quantitative estimate of drug-likeness (QED) is 0.594. The van der Waals surface area contributed by atoms with E-state index >= 15 is 0 Å². The summed E-state index contributed by atoms with van der Waals surface area (Å²) < 4.78 is 8.15. The van der Waals surface area contributed by atoms with Crippen molar-refractivity contribution >= 4 is 5.91 Å². The monoisotopic (exact) mass is 419 g/mol. The summed E-state index contributed by atoms with van der Waals surface area (Å²) in [5, 5.41) is 8.95. The SMILES string of the molecule is O=C(CCCc1ncc(-c2ccccc2)o1)N1CCCC1c1nnc2n1CCCCC2. The van der Waals surface area contributed by atoms with Crippen molar-refractivity contribution in [3.8, 4) is 11.3 Å². The van der Waals surface area contributed by atoms with Crippen LogP contribution in [0.25, 0.3) is 11.3 Å². The lowest BCUT2D eigenvalue weighted by Gasteiger charge is -2.24. The molecule has 4 heterocycles. The number of nitrogens with zero attached hydrogens (tertiary/aromatic N) is 5. The van der Waals surface area contributed by atoms with Crippen molar-refractivity contribution in [2.45, 2.75) is 70.4 Å². The molecule has 1 unspecified atom stereocenters. The minimum atomic E-state index is 0.0678. The maximum Gasteiger partial charge on any atom is 0.223 e. The van der Waals surface area contributed by atoms with Gasteiger partial charge in [-0.2, -0.15) is 0 Å². The number of aryl methyl sites for hydroxylation is 2. The highest BCUT2D eigenvalue weighted by Gasteiger charge is 2.34. The van der Waals surface area contributed by atoms with Crippen LogP contribution in [-0.4, -0.2) is 37.1 Å². The highest BCUT2D eigenvalue weighted by Crippen LogP contribution is 2.33. The van der Waals surface area contributed by atoms with E-state index in [2.05, 4.69) is 19.7 Å². The first-order chi connectivity index (χ1) is 15.3. The van der Waals surface area contributed by atoms with Gasteiger partial charge in [0.15, 0.2) is 17.5 Å². The Balaban J connectivity index is 1.19. The van der Waals surface area contributed by atoms with E-state index in [-0.39, 0.29) is 11.9 Å². The minimum absolute atomic E-state index is 0.0678. The van der Waals surface area contributed by atoms with Crippen molar-refractivity contribution in [3.63, 3.8) is 0 Å². The van der Waals surface area contributed by atoms with Crippen LogP contribution in [0.5, 0.6) is 0 Å². The number of amides is 1. The summed E-state index contributed by atoms with van der Waals surface area (Å²) in [7, 11) is 0. The van der Waals surface area contributed by atoms with Crippen molar-refractivity contribution in [1.82, 2.24) is 24.6 Å². The molecule has 0 aliphatic carbocycles. The molecular weight excluding hydrogens is 390 g/mol. The normalized spacial score (nSPS) is 18.7. The van der Waals surface area contributed by atoms with Gasteiger partial charge in [0, 0.05) is 37.9 Å².